The van der Waals surface area contributed by atoms with Gasteiger partial charge in [0, 0.05) is 12.2 Å². The van der Waals surface area contributed by atoms with Crippen LogP contribution in [0.2, 0.25) is 0 Å². The second-order valence-electron chi connectivity index (χ2n) is 5.18. The van der Waals surface area contributed by atoms with Crippen molar-refractivity contribution in [1.82, 2.24) is 5.32 Å². The van der Waals surface area contributed by atoms with Crippen molar-refractivity contribution in [3.63, 3.8) is 0 Å². The maximum absolute atomic E-state index is 12.9. The number of anilines is 1. The van der Waals surface area contributed by atoms with Gasteiger partial charge in [-0.25, -0.2) is 0 Å². The van der Waals surface area contributed by atoms with Crippen LogP contribution in [0.3, 0.4) is 0 Å². The van der Waals surface area contributed by atoms with Crippen LogP contribution >= 0.6 is 0 Å². The first-order chi connectivity index (χ1) is 9.59. The molecule has 0 radical (unpaired) electrons. The quantitative estimate of drug-likeness (QED) is 0.855. The van der Waals surface area contributed by atoms with Crippen molar-refractivity contribution in [2.45, 2.75) is 19.8 Å². The summed E-state index contributed by atoms with van der Waals surface area (Å²) in [5, 5.41) is 12.3. The Morgan fingerprint density at radius 3 is 2.55 bits per heavy atom. The molecule has 5 heteroatoms. The normalized spacial score (nSPS) is 21.6. The minimum absolute atomic E-state index is 0.0985. The fourth-order valence-electron chi connectivity index (χ4n) is 2.69. The zero-order chi connectivity index (χ0) is 14.6. The Bertz CT molecular complexity index is 481. The van der Waals surface area contributed by atoms with E-state index in [-0.39, 0.29) is 12.5 Å². The lowest BCUT2D eigenvalue weighted by Gasteiger charge is -2.32. The predicted octanol–water partition coefficient (Wildman–Crippen LogP) is 1.49. The summed E-state index contributed by atoms with van der Waals surface area (Å²) in [6.45, 7) is 3.10. The molecule has 108 valence electrons. The zero-order valence-corrected chi connectivity index (χ0v) is 11.6. The molecule has 2 N–H and O–H groups in total. The minimum atomic E-state index is -1.00. The summed E-state index contributed by atoms with van der Waals surface area (Å²) in [6, 6.07) is 9.00. The summed E-state index contributed by atoms with van der Waals surface area (Å²) in [6.07, 6.45) is 1.47. The van der Waals surface area contributed by atoms with Crippen molar-refractivity contribution >= 4 is 17.6 Å². The van der Waals surface area contributed by atoms with Crippen molar-refractivity contribution in [3.8, 4) is 0 Å². The maximum atomic E-state index is 12.9. The largest absolute Gasteiger partial charge is 0.480 e. The van der Waals surface area contributed by atoms with Crippen LogP contribution in [-0.2, 0) is 9.59 Å². The summed E-state index contributed by atoms with van der Waals surface area (Å²) >= 11 is 0. The Morgan fingerprint density at radius 2 is 2.05 bits per heavy atom. The first-order valence-electron chi connectivity index (χ1n) is 6.88. The number of carbonyl (C=O) groups excluding carboxylic acids is 1. The molecule has 0 spiro atoms. The van der Waals surface area contributed by atoms with Gasteiger partial charge in [-0.05, 0) is 31.5 Å². The van der Waals surface area contributed by atoms with E-state index in [0.717, 1.165) is 13.0 Å². The Morgan fingerprint density at radius 1 is 1.35 bits per heavy atom. The van der Waals surface area contributed by atoms with Gasteiger partial charge in [0.2, 0.25) is 5.91 Å². The second-order valence-corrected chi connectivity index (χ2v) is 5.18. The lowest BCUT2D eigenvalue weighted by Crippen LogP contribution is -2.47. The highest BCUT2D eigenvalue weighted by atomic mass is 16.4. The number of para-hydroxylation sites is 1. The highest BCUT2D eigenvalue weighted by molar-refractivity contribution is 6.01. The number of benzene rings is 1. The standard InChI is InChI=1S/C15H20N2O3/c1-2-15(8-9-16-11-15)14(20)17(10-13(18)19)12-6-4-3-5-7-12/h3-7,16H,2,8-11H2,1H3,(H,18,19). The zero-order valence-electron chi connectivity index (χ0n) is 11.6. The summed E-state index contributed by atoms with van der Waals surface area (Å²) < 4.78 is 0. The molecule has 1 aromatic rings. The predicted molar refractivity (Wildman–Crippen MR) is 76.6 cm³/mol. The molecule has 1 amide bonds. The summed E-state index contributed by atoms with van der Waals surface area (Å²) in [4.78, 5) is 25.3. The van der Waals surface area contributed by atoms with Gasteiger partial charge in [0.05, 0.1) is 5.41 Å². The van der Waals surface area contributed by atoms with Crippen LogP contribution in [0, 0.1) is 5.41 Å². The van der Waals surface area contributed by atoms with E-state index in [0.29, 0.717) is 18.7 Å². The Labute approximate surface area is 118 Å². The van der Waals surface area contributed by atoms with E-state index < -0.39 is 11.4 Å². The maximum Gasteiger partial charge on any atom is 0.323 e. The average molecular weight is 276 g/mol. The van der Waals surface area contributed by atoms with Gasteiger partial charge in [-0.1, -0.05) is 25.1 Å². The Balaban J connectivity index is 2.31. The molecule has 0 saturated carbocycles. The fraction of sp³-hybridized carbons (Fsp3) is 0.467. The number of hydrogen-bond acceptors (Lipinski definition) is 3. The third-order valence-corrected chi connectivity index (χ3v) is 3.98. The molecule has 1 saturated heterocycles. The van der Waals surface area contributed by atoms with Crippen LogP contribution in [0.15, 0.2) is 30.3 Å². The van der Waals surface area contributed by atoms with Gasteiger partial charge in [-0.2, -0.15) is 0 Å². The highest BCUT2D eigenvalue weighted by Gasteiger charge is 2.42. The lowest BCUT2D eigenvalue weighted by molar-refractivity contribution is -0.138. The molecule has 1 aliphatic rings. The molecule has 1 atom stereocenters. The van der Waals surface area contributed by atoms with Gasteiger partial charge in [0.15, 0.2) is 0 Å². The Kier molecular flexibility index (Phi) is 4.39. The van der Waals surface area contributed by atoms with E-state index in [9.17, 15) is 9.59 Å². The molecule has 0 aromatic heterocycles. The molecule has 2 rings (SSSR count). The molecule has 1 fully saturated rings. The molecule has 1 heterocycles. The van der Waals surface area contributed by atoms with Gasteiger partial charge in [0.1, 0.15) is 6.54 Å². The fourth-order valence-corrected chi connectivity index (χ4v) is 2.69. The summed E-state index contributed by atoms with van der Waals surface area (Å²) in [7, 11) is 0. The minimum Gasteiger partial charge on any atom is -0.480 e. The van der Waals surface area contributed by atoms with Crippen LogP contribution < -0.4 is 10.2 Å². The average Bonchev–Trinajstić information content (AvgIpc) is 2.95. The number of amides is 1. The van der Waals surface area contributed by atoms with Gasteiger partial charge < -0.3 is 15.3 Å². The van der Waals surface area contributed by atoms with Crippen molar-refractivity contribution < 1.29 is 14.7 Å². The van der Waals surface area contributed by atoms with Gasteiger partial charge in [-0.15, -0.1) is 0 Å². The van der Waals surface area contributed by atoms with E-state index in [4.69, 9.17) is 5.11 Å². The van der Waals surface area contributed by atoms with Crippen LogP contribution in [0.5, 0.6) is 0 Å². The van der Waals surface area contributed by atoms with E-state index in [2.05, 4.69) is 5.32 Å². The third kappa shape index (κ3) is 2.82. The molecular formula is C15H20N2O3. The van der Waals surface area contributed by atoms with E-state index in [1.54, 1.807) is 12.1 Å². The van der Waals surface area contributed by atoms with Crippen molar-refractivity contribution in [1.29, 1.82) is 0 Å². The molecule has 1 aliphatic heterocycles. The van der Waals surface area contributed by atoms with Gasteiger partial charge >= 0.3 is 5.97 Å². The number of nitrogens with one attached hydrogen (secondary N) is 1. The third-order valence-electron chi connectivity index (χ3n) is 3.98. The van der Waals surface area contributed by atoms with E-state index >= 15 is 0 Å². The van der Waals surface area contributed by atoms with Crippen molar-refractivity contribution in [3.05, 3.63) is 30.3 Å². The SMILES string of the molecule is CCC1(C(=O)N(CC(=O)O)c2ccccc2)CCNC1. The topological polar surface area (TPSA) is 69.6 Å². The molecule has 20 heavy (non-hydrogen) atoms. The van der Waals surface area contributed by atoms with Crippen LogP contribution in [-0.4, -0.2) is 36.6 Å². The number of hydrogen-bond donors (Lipinski definition) is 2. The first-order valence-corrected chi connectivity index (χ1v) is 6.88. The number of nitrogens with zero attached hydrogens (tertiary/aromatic N) is 1. The number of aliphatic carboxylic acids is 1. The molecular weight excluding hydrogens is 256 g/mol. The molecule has 0 bridgehead atoms. The second kappa shape index (κ2) is 6.05. The number of carbonyl (C=O) groups is 2. The summed E-state index contributed by atoms with van der Waals surface area (Å²) in [5.41, 5.74) is 0.158. The molecule has 1 unspecified atom stereocenters. The van der Waals surface area contributed by atoms with Crippen molar-refractivity contribution in [2.24, 2.45) is 5.41 Å². The Hall–Kier alpha value is -1.88. The smallest absolute Gasteiger partial charge is 0.323 e. The summed E-state index contributed by atoms with van der Waals surface area (Å²) in [5.74, 6) is -1.10. The van der Waals surface area contributed by atoms with Crippen LogP contribution in [0.1, 0.15) is 19.8 Å². The van der Waals surface area contributed by atoms with E-state index in [1.807, 2.05) is 25.1 Å². The monoisotopic (exact) mass is 276 g/mol. The molecule has 0 aliphatic carbocycles. The highest BCUT2D eigenvalue weighted by Crippen LogP contribution is 2.33. The number of rotatable bonds is 5. The number of carboxylic acid groups (broad SMARTS) is 1. The molecule has 1 aromatic carbocycles. The van der Waals surface area contributed by atoms with Gasteiger partial charge in [-0.3, -0.25) is 9.59 Å². The van der Waals surface area contributed by atoms with Crippen molar-refractivity contribution in [2.75, 3.05) is 24.5 Å². The lowest BCUT2D eigenvalue weighted by atomic mass is 9.82. The van der Waals surface area contributed by atoms with Gasteiger partial charge in [0.25, 0.3) is 0 Å². The first kappa shape index (κ1) is 14.5. The number of carboxylic acids is 1. The van der Waals surface area contributed by atoms with Crippen LogP contribution in [0.25, 0.3) is 0 Å². The van der Waals surface area contributed by atoms with E-state index in [1.165, 1.54) is 4.90 Å². The molecule has 5 nitrogen and oxygen atoms in total. The van der Waals surface area contributed by atoms with Crippen LogP contribution in [0.4, 0.5) is 5.69 Å².